The molecule has 1 rings (SSSR count). The Bertz CT molecular complexity index is 421. The van der Waals surface area contributed by atoms with Gasteiger partial charge in [-0.25, -0.2) is 4.79 Å². The number of aliphatic hydroxyl groups is 1. The normalized spacial score (nSPS) is 12.1. The first-order valence-electron chi connectivity index (χ1n) is 5.55. The van der Waals surface area contributed by atoms with E-state index in [1.54, 1.807) is 0 Å². The van der Waals surface area contributed by atoms with Gasteiger partial charge in [0.25, 0.3) is 5.91 Å². The Kier molecular flexibility index (Phi) is 5.66. The summed E-state index contributed by atoms with van der Waals surface area (Å²) in [6.45, 7) is 1.65. The molecule has 7 nitrogen and oxygen atoms in total. The average molecular weight is 273 g/mol. The Labute approximate surface area is 108 Å². The number of carboxylic acids is 1. The lowest BCUT2D eigenvalue weighted by molar-refractivity contribution is -0.139. The van der Waals surface area contributed by atoms with E-state index in [1.165, 1.54) is 0 Å². The molecule has 1 heterocycles. The van der Waals surface area contributed by atoms with Gasteiger partial charge in [-0.05, 0) is 18.0 Å². The van der Waals surface area contributed by atoms with E-state index in [0.717, 1.165) is 18.0 Å². The van der Waals surface area contributed by atoms with Crippen molar-refractivity contribution < 1.29 is 19.8 Å². The Morgan fingerprint density at radius 3 is 2.78 bits per heavy atom. The number of aliphatic carboxylic acids is 1. The highest BCUT2D eigenvalue weighted by Crippen LogP contribution is 2.12. The zero-order chi connectivity index (χ0) is 13.5. The van der Waals surface area contributed by atoms with Crippen molar-refractivity contribution in [2.75, 3.05) is 6.61 Å². The van der Waals surface area contributed by atoms with Gasteiger partial charge in [-0.1, -0.05) is 17.8 Å². The van der Waals surface area contributed by atoms with Crippen LogP contribution in [-0.2, 0) is 11.2 Å². The fraction of sp³-hybridized carbons (Fsp3) is 0.600. The minimum absolute atomic E-state index is 0.0313. The average Bonchev–Trinajstić information content (AvgIpc) is 2.77. The van der Waals surface area contributed by atoms with Crippen molar-refractivity contribution in [3.05, 3.63) is 10.6 Å². The SMILES string of the molecule is CCCc1nnsc1C(=O)N[C@H](CCO)C(=O)O. The maximum absolute atomic E-state index is 11.9. The summed E-state index contributed by atoms with van der Waals surface area (Å²) in [5, 5.41) is 23.8. The van der Waals surface area contributed by atoms with Crippen molar-refractivity contribution in [1.82, 2.24) is 14.9 Å². The molecule has 0 unspecified atom stereocenters. The topological polar surface area (TPSA) is 112 Å². The zero-order valence-electron chi connectivity index (χ0n) is 9.92. The summed E-state index contributed by atoms with van der Waals surface area (Å²) in [6.07, 6.45) is 1.41. The third kappa shape index (κ3) is 3.74. The van der Waals surface area contributed by atoms with Gasteiger partial charge in [-0.15, -0.1) is 5.10 Å². The van der Waals surface area contributed by atoms with Crippen LogP contribution in [0.1, 0.15) is 35.1 Å². The van der Waals surface area contributed by atoms with E-state index in [1.807, 2.05) is 6.92 Å². The summed E-state index contributed by atoms with van der Waals surface area (Å²) >= 11 is 0.941. The Balaban J connectivity index is 2.74. The van der Waals surface area contributed by atoms with Crippen molar-refractivity contribution in [2.24, 2.45) is 0 Å². The molecule has 0 saturated carbocycles. The molecule has 1 aromatic rings. The molecule has 3 N–H and O–H groups in total. The predicted molar refractivity (Wildman–Crippen MR) is 64.5 cm³/mol. The third-order valence-corrected chi connectivity index (χ3v) is 3.04. The molecule has 1 atom stereocenters. The lowest BCUT2D eigenvalue weighted by atomic mass is 10.2. The van der Waals surface area contributed by atoms with Crippen LogP contribution < -0.4 is 5.32 Å². The molecule has 0 bridgehead atoms. The Hall–Kier alpha value is -1.54. The fourth-order valence-electron chi connectivity index (χ4n) is 1.39. The summed E-state index contributed by atoms with van der Waals surface area (Å²) in [6, 6.07) is -1.10. The van der Waals surface area contributed by atoms with Gasteiger partial charge in [0.15, 0.2) is 0 Å². The van der Waals surface area contributed by atoms with Crippen LogP contribution in [-0.4, -0.2) is 44.3 Å². The highest BCUT2D eigenvalue weighted by atomic mass is 32.1. The van der Waals surface area contributed by atoms with Crippen molar-refractivity contribution in [3.8, 4) is 0 Å². The molecule has 0 saturated heterocycles. The first-order chi connectivity index (χ1) is 8.60. The minimum atomic E-state index is -1.17. The van der Waals surface area contributed by atoms with Crippen LogP contribution in [0.3, 0.4) is 0 Å². The molecule has 0 fully saturated rings. The Morgan fingerprint density at radius 2 is 2.22 bits per heavy atom. The minimum Gasteiger partial charge on any atom is -0.480 e. The molecule has 0 aliphatic rings. The lowest BCUT2D eigenvalue weighted by Gasteiger charge is -2.12. The molecule has 1 aromatic heterocycles. The number of aryl methyl sites for hydroxylation is 1. The number of carbonyl (C=O) groups excluding carboxylic acids is 1. The first kappa shape index (κ1) is 14.5. The highest BCUT2D eigenvalue weighted by Gasteiger charge is 2.23. The molecule has 0 aliphatic heterocycles. The van der Waals surface area contributed by atoms with E-state index in [2.05, 4.69) is 14.9 Å². The van der Waals surface area contributed by atoms with E-state index in [4.69, 9.17) is 10.2 Å². The molecular weight excluding hydrogens is 258 g/mol. The monoisotopic (exact) mass is 273 g/mol. The standard InChI is InChI=1S/C10H15N3O4S/c1-2-3-6-8(18-13-12-6)9(15)11-7(4-5-14)10(16)17/h7,14H,2-5H2,1H3,(H,11,15)(H,16,17)/t7-/m1/s1. The van der Waals surface area contributed by atoms with Crippen molar-refractivity contribution in [2.45, 2.75) is 32.2 Å². The van der Waals surface area contributed by atoms with E-state index in [-0.39, 0.29) is 13.0 Å². The number of carbonyl (C=O) groups is 2. The van der Waals surface area contributed by atoms with Crippen LogP contribution >= 0.6 is 11.5 Å². The second-order valence-corrected chi connectivity index (χ2v) is 4.43. The number of carboxylic acid groups (broad SMARTS) is 1. The summed E-state index contributed by atoms with van der Waals surface area (Å²) in [4.78, 5) is 23.1. The van der Waals surface area contributed by atoms with Gasteiger partial charge < -0.3 is 15.5 Å². The maximum Gasteiger partial charge on any atom is 0.326 e. The second kappa shape index (κ2) is 7.02. The molecule has 0 aliphatic carbocycles. The smallest absolute Gasteiger partial charge is 0.326 e. The van der Waals surface area contributed by atoms with E-state index < -0.39 is 17.9 Å². The van der Waals surface area contributed by atoms with Gasteiger partial charge in [-0.3, -0.25) is 4.79 Å². The zero-order valence-corrected chi connectivity index (χ0v) is 10.7. The van der Waals surface area contributed by atoms with Gasteiger partial charge >= 0.3 is 5.97 Å². The lowest BCUT2D eigenvalue weighted by Crippen LogP contribution is -2.41. The summed E-state index contributed by atoms with van der Waals surface area (Å²) < 4.78 is 3.69. The Morgan fingerprint density at radius 1 is 1.50 bits per heavy atom. The van der Waals surface area contributed by atoms with Gasteiger partial charge in [0.1, 0.15) is 10.9 Å². The van der Waals surface area contributed by atoms with E-state index >= 15 is 0 Å². The summed E-state index contributed by atoms with van der Waals surface area (Å²) in [7, 11) is 0. The van der Waals surface area contributed by atoms with Crippen LogP contribution in [0.5, 0.6) is 0 Å². The quantitative estimate of drug-likeness (QED) is 0.647. The molecule has 8 heteroatoms. The number of nitrogens with one attached hydrogen (secondary N) is 1. The van der Waals surface area contributed by atoms with E-state index in [9.17, 15) is 9.59 Å². The predicted octanol–water partition coefficient (Wildman–Crippen LogP) is 0.0560. The van der Waals surface area contributed by atoms with Gasteiger partial charge in [0.05, 0.1) is 5.69 Å². The van der Waals surface area contributed by atoms with Crippen LogP contribution in [0.2, 0.25) is 0 Å². The number of nitrogens with zero attached hydrogens (tertiary/aromatic N) is 2. The molecule has 18 heavy (non-hydrogen) atoms. The molecule has 100 valence electrons. The maximum atomic E-state index is 11.9. The molecule has 0 spiro atoms. The van der Waals surface area contributed by atoms with Crippen molar-refractivity contribution in [1.29, 1.82) is 0 Å². The van der Waals surface area contributed by atoms with Gasteiger partial charge in [0, 0.05) is 13.0 Å². The van der Waals surface area contributed by atoms with Crippen molar-refractivity contribution >= 4 is 23.4 Å². The second-order valence-electron chi connectivity index (χ2n) is 3.68. The van der Waals surface area contributed by atoms with Crippen molar-refractivity contribution in [3.63, 3.8) is 0 Å². The van der Waals surface area contributed by atoms with Gasteiger partial charge in [-0.2, -0.15) is 0 Å². The first-order valence-corrected chi connectivity index (χ1v) is 6.33. The molecule has 0 aromatic carbocycles. The summed E-state index contributed by atoms with van der Waals surface area (Å²) in [5.74, 6) is -1.68. The van der Waals surface area contributed by atoms with E-state index in [0.29, 0.717) is 17.0 Å². The number of hydrogen-bond donors (Lipinski definition) is 3. The number of aliphatic hydroxyl groups excluding tert-OH is 1. The number of rotatable bonds is 7. The molecule has 0 radical (unpaired) electrons. The fourth-order valence-corrected chi connectivity index (χ4v) is 2.00. The third-order valence-electron chi connectivity index (χ3n) is 2.27. The number of hydrogen-bond acceptors (Lipinski definition) is 6. The summed E-state index contributed by atoms with van der Waals surface area (Å²) in [5.41, 5.74) is 0.577. The molecular formula is C10H15N3O4S. The number of aromatic nitrogens is 2. The molecule has 1 amide bonds. The highest BCUT2D eigenvalue weighted by molar-refractivity contribution is 7.08. The van der Waals surface area contributed by atoms with Crippen LogP contribution in [0, 0.1) is 0 Å². The van der Waals surface area contributed by atoms with Crippen LogP contribution in [0.25, 0.3) is 0 Å². The van der Waals surface area contributed by atoms with Crippen LogP contribution in [0.4, 0.5) is 0 Å². The number of amides is 1. The largest absolute Gasteiger partial charge is 0.480 e. The van der Waals surface area contributed by atoms with Gasteiger partial charge in [0.2, 0.25) is 0 Å². The van der Waals surface area contributed by atoms with Crippen LogP contribution in [0.15, 0.2) is 0 Å².